The minimum Gasteiger partial charge on any atom is -0.456 e. The van der Waals surface area contributed by atoms with E-state index in [-0.39, 0.29) is 0 Å². The van der Waals surface area contributed by atoms with Crippen LogP contribution in [0.5, 0.6) is 0 Å². The predicted molar refractivity (Wildman–Crippen MR) is 186 cm³/mol. The van der Waals surface area contributed by atoms with Gasteiger partial charge in [0.25, 0.3) is 0 Å². The lowest BCUT2D eigenvalue weighted by Crippen LogP contribution is -1.96. The molecule has 9 rings (SSSR count). The van der Waals surface area contributed by atoms with Crippen LogP contribution in [0.25, 0.3) is 88.9 Å². The molecule has 0 fully saturated rings. The van der Waals surface area contributed by atoms with E-state index in [9.17, 15) is 0 Å². The Morgan fingerprint density at radius 2 is 0.978 bits per heavy atom. The van der Waals surface area contributed by atoms with Crippen LogP contribution in [0, 0.1) is 0 Å². The molecule has 0 atom stereocenters. The number of benzene rings is 6. The second kappa shape index (κ2) is 10.3. The van der Waals surface area contributed by atoms with Gasteiger partial charge in [0.05, 0.1) is 11.4 Å². The van der Waals surface area contributed by atoms with Crippen molar-refractivity contribution in [2.75, 3.05) is 0 Å². The summed E-state index contributed by atoms with van der Waals surface area (Å²) in [5, 5.41) is 4.39. The predicted octanol–water partition coefficient (Wildman–Crippen LogP) is 11.7. The maximum absolute atomic E-state index is 6.20. The first kappa shape index (κ1) is 25.9. The number of rotatable bonds is 4. The average molecular weight is 644 g/mol. The van der Waals surface area contributed by atoms with Gasteiger partial charge in [-0.3, -0.25) is 0 Å². The number of halogens is 1. The summed E-state index contributed by atoms with van der Waals surface area (Å²) in [5.74, 6) is 0.672. The van der Waals surface area contributed by atoms with Gasteiger partial charge in [-0.15, -0.1) is 0 Å². The van der Waals surface area contributed by atoms with E-state index < -0.39 is 0 Å². The fraction of sp³-hybridized carbons (Fsp3) is 0. The fourth-order valence-electron chi connectivity index (χ4n) is 6.15. The maximum Gasteiger partial charge on any atom is 0.160 e. The molecule has 0 amide bonds. The third-order valence-electron chi connectivity index (χ3n) is 8.34. The number of furan rings is 2. The van der Waals surface area contributed by atoms with Crippen LogP contribution in [0.3, 0.4) is 0 Å². The van der Waals surface area contributed by atoms with Crippen molar-refractivity contribution in [2.24, 2.45) is 0 Å². The molecule has 212 valence electrons. The highest BCUT2D eigenvalue weighted by atomic mass is 79.9. The van der Waals surface area contributed by atoms with E-state index in [1.165, 1.54) is 0 Å². The van der Waals surface area contributed by atoms with Crippen LogP contribution in [-0.4, -0.2) is 9.97 Å². The molecule has 4 nitrogen and oxygen atoms in total. The normalized spacial score (nSPS) is 11.7. The summed E-state index contributed by atoms with van der Waals surface area (Å²) >= 11 is 3.78. The SMILES string of the molecule is Brc1cc(-c2ccc3c(c2)oc2ccccc23)cc(-c2cc(-c3ccc4oc5ccccc5c4c3)nc(-c3ccccc3)n2)c1. The van der Waals surface area contributed by atoms with Gasteiger partial charge in [0.2, 0.25) is 0 Å². The van der Waals surface area contributed by atoms with Gasteiger partial charge < -0.3 is 8.83 Å². The van der Waals surface area contributed by atoms with Crippen LogP contribution >= 0.6 is 15.9 Å². The van der Waals surface area contributed by atoms with Crippen LogP contribution in [0.4, 0.5) is 0 Å². The molecule has 0 unspecified atom stereocenters. The van der Waals surface area contributed by atoms with E-state index in [0.717, 1.165) is 87.6 Å². The standard InChI is InChI=1S/C40H23BrN2O2/c41-29-19-27(25-14-16-32-30-10-4-6-12-36(30)45-39(32)22-25)18-28(20-29)35-23-34(42-40(43-35)24-8-2-1-3-9-24)26-15-17-38-33(21-26)31-11-5-7-13-37(31)44-38/h1-23H. The molecule has 0 aliphatic rings. The van der Waals surface area contributed by atoms with Gasteiger partial charge in [-0.05, 0) is 77.9 Å². The molecule has 0 N–H and O–H groups in total. The number of nitrogens with zero attached hydrogens (tertiary/aromatic N) is 2. The molecule has 5 heteroatoms. The van der Waals surface area contributed by atoms with Crippen molar-refractivity contribution >= 4 is 59.8 Å². The summed E-state index contributed by atoms with van der Waals surface area (Å²) in [6.45, 7) is 0. The van der Waals surface area contributed by atoms with Crippen LogP contribution in [0.1, 0.15) is 0 Å². The molecular formula is C40H23BrN2O2. The topological polar surface area (TPSA) is 52.1 Å². The largest absolute Gasteiger partial charge is 0.456 e. The summed E-state index contributed by atoms with van der Waals surface area (Å²) in [5.41, 5.74) is 10.3. The third-order valence-corrected chi connectivity index (χ3v) is 8.79. The summed E-state index contributed by atoms with van der Waals surface area (Å²) in [6.07, 6.45) is 0. The minimum atomic E-state index is 0.672. The Labute approximate surface area is 266 Å². The molecule has 9 aromatic rings. The first-order valence-electron chi connectivity index (χ1n) is 14.8. The molecule has 0 bridgehead atoms. The number of fused-ring (bicyclic) bond motifs is 6. The van der Waals surface area contributed by atoms with E-state index in [0.29, 0.717) is 5.82 Å². The molecule has 0 saturated heterocycles. The summed E-state index contributed by atoms with van der Waals surface area (Å²) < 4.78 is 13.3. The Kier molecular flexibility index (Phi) is 5.93. The quantitative estimate of drug-likeness (QED) is 0.192. The number of hydrogen-bond donors (Lipinski definition) is 0. The second-order valence-electron chi connectivity index (χ2n) is 11.2. The van der Waals surface area contributed by atoms with Gasteiger partial charge in [-0.2, -0.15) is 0 Å². The molecule has 3 heterocycles. The van der Waals surface area contributed by atoms with Crippen LogP contribution < -0.4 is 0 Å². The molecule has 0 aliphatic carbocycles. The lowest BCUT2D eigenvalue weighted by atomic mass is 9.99. The lowest BCUT2D eigenvalue weighted by molar-refractivity contribution is 0.668. The van der Waals surface area contributed by atoms with Crippen LogP contribution in [0.2, 0.25) is 0 Å². The molecule has 0 saturated carbocycles. The Hall–Kier alpha value is -5.52. The van der Waals surface area contributed by atoms with Crippen molar-refractivity contribution in [3.8, 4) is 45.0 Å². The molecule has 3 aromatic heterocycles. The first-order chi connectivity index (χ1) is 22.2. The average Bonchev–Trinajstić information content (AvgIpc) is 3.66. The van der Waals surface area contributed by atoms with E-state index in [4.69, 9.17) is 18.8 Å². The van der Waals surface area contributed by atoms with Crippen LogP contribution in [-0.2, 0) is 0 Å². The first-order valence-corrected chi connectivity index (χ1v) is 15.5. The Balaban J connectivity index is 1.21. The van der Waals surface area contributed by atoms with Gasteiger partial charge in [0, 0.05) is 42.7 Å². The zero-order valence-corrected chi connectivity index (χ0v) is 25.5. The van der Waals surface area contributed by atoms with Gasteiger partial charge in [0.15, 0.2) is 5.82 Å². The van der Waals surface area contributed by atoms with E-state index in [2.05, 4.69) is 82.7 Å². The summed E-state index contributed by atoms with van der Waals surface area (Å²) in [6, 6.07) is 47.6. The molecule has 0 spiro atoms. The van der Waals surface area contributed by atoms with Crippen molar-refractivity contribution < 1.29 is 8.83 Å². The molecule has 0 aliphatic heterocycles. The Bertz CT molecular complexity index is 2560. The van der Waals surface area contributed by atoms with Gasteiger partial charge in [0.1, 0.15) is 22.3 Å². The zero-order chi connectivity index (χ0) is 29.9. The summed E-state index contributed by atoms with van der Waals surface area (Å²) in [7, 11) is 0. The smallest absolute Gasteiger partial charge is 0.160 e. The number of hydrogen-bond acceptors (Lipinski definition) is 4. The number of aromatic nitrogens is 2. The monoisotopic (exact) mass is 642 g/mol. The third kappa shape index (κ3) is 4.52. The van der Waals surface area contributed by atoms with Crippen molar-refractivity contribution in [3.05, 3.63) is 144 Å². The number of para-hydroxylation sites is 2. The Morgan fingerprint density at radius 1 is 0.378 bits per heavy atom. The summed E-state index contributed by atoms with van der Waals surface area (Å²) in [4.78, 5) is 10.2. The van der Waals surface area contributed by atoms with E-state index in [1.807, 2.05) is 72.8 Å². The lowest BCUT2D eigenvalue weighted by Gasteiger charge is -2.11. The van der Waals surface area contributed by atoms with Gasteiger partial charge in [-0.1, -0.05) is 88.7 Å². The van der Waals surface area contributed by atoms with Crippen molar-refractivity contribution in [2.45, 2.75) is 0 Å². The van der Waals surface area contributed by atoms with Gasteiger partial charge >= 0.3 is 0 Å². The second-order valence-corrected chi connectivity index (χ2v) is 12.1. The molecule has 6 aromatic carbocycles. The highest BCUT2D eigenvalue weighted by molar-refractivity contribution is 9.10. The van der Waals surface area contributed by atoms with Gasteiger partial charge in [-0.25, -0.2) is 9.97 Å². The Morgan fingerprint density at radius 3 is 1.78 bits per heavy atom. The molecule has 0 radical (unpaired) electrons. The minimum absolute atomic E-state index is 0.672. The zero-order valence-electron chi connectivity index (χ0n) is 23.9. The van der Waals surface area contributed by atoms with Crippen molar-refractivity contribution in [1.82, 2.24) is 9.97 Å². The molecular weight excluding hydrogens is 620 g/mol. The van der Waals surface area contributed by atoms with Crippen molar-refractivity contribution in [3.63, 3.8) is 0 Å². The van der Waals surface area contributed by atoms with Crippen molar-refractivity contribution in [1.29, 1.82) is 0 Å². The highest BCUT2D eigenvalue weighted by Crippen LogP contribution is 2.37. The van der Waals surface area contributed by atoms with E-state index in [1.54, 1.807) is 0 Å². The molecule has 45 heavy (non-hydrogen) atoms. The van der Waals surface area contributed by atoms with E-state index >= 15 is 0 Å². The van der Waals surface area contributed by atoms with Crippen LogP contribution in [0.15, 0.2) is 153 Å². The fourth-order valence-corrected chi connectivity index (χ4v) is 6.65. The highest BCUT2D eigenvalue weighted by Gasteiger charge is 2.15. The maximum atomic E-state index is 6.20.